The molecule has 4 bridgehead atoms. The zero-order valence-corrected chi connectivity index (χ0v) is 22.6. The number of rotatable bonds is 10. The predicted octanol–water partition coefficient (Wildman–Crippen LogP) is 3.32. The number of nitrogens with two attached hydrogens (primary N) is 1. The van der Waals surface area contributed by atoms with Crippen molar-refractivity contribution < 1.29 is 23.9 Å². The summed E-state index contributed by atoms with van der Waals surface area (Å²) in [6.07, 6.45) is 8.57. The van der Waals surface area contributed by atoms with E-state index in [0.29, 0.717) is 30.5 Å². The van der Waals surface area contributed by atoms with E-state index in [1.54, 1.807) is 12.3 Å². The van der Waals surface area contributed by atoms with Crippen molar-refractivity contribution >= 4 is 24.1 Å². The van der Waals surface area contributed by atoms with Gasteiger partial charge in [0.1, 0.15) is 11.2 Å². The molecule has 1 heterocycles. The van der Waals surface area contributed by atoms with Crippen LogP contribution in [-0.2, 0) is 9.53 Å². The fourth-order valence-corrected chi connectivity index (χ4v) is 6.48. The van der Waals surface area contributed by atoms with Gasteiger partial charge < -0.3 is 25.8 Å². The normalized spacial score (nSPS) is 28.5. The van der Waals surface area contributed by atoms with Crippen molar-refractivity contribution in [3.63, 3.8) is 0 Å². The molecular weight excluding hydrogens is 474 g/mol. The first kappa shape index (κ1) is 27.0. The Hall–Kier alpha value is -3.04. The van der Waals surface area contributed by atoms with E-state index in [4.69, 9.17) is 15.2 Å². The Bertz CT molecular complexity index is 1050. The van der Waals surface area contributed by atoms with E-state index in [9.17, 15) is 14.4 Å². The van der Waals surface area contributed by atoms with Crippen molar-refractivity contribution in [2.45, 2.75) is 78.4 Å². The number of nitrogens with one attached hydrogen (secondary N) is 2. The van der Waals surface area contributed by atoms with Gasteiger partial charge in [0.05, 0.1) is 18.2 Å². The lowest BCUT2D eigenvalue weighted by molar-refractivity contribution is -0.137. The molecule has 37 heavy (non-hydrogen) atoms. The Morgan fingerprint density at radius 2 is 1.92 bits per heavy atom. The second kappa shape index (κ2) is 10.4. The minimum atomic E-state index is -0.761. The van der Waals surface area contributed by atoms with Gasteiger partial charge in [0.15, 0.2) is 0 Å². The molecule has 4 fully saturated rings. The fraction of sp³-hybridized carbons (Fsp3) is 0.704. The van der Waals surface area contributed by atoms with Crippen LogP contribution in [0.1, 0.15) is 77.1 Å². The Balaban J connectivity index is 1.52. The maximum Gasteiger partial charge on any atom is 0.405 e. The highest BCUT2D eigenvalue weighted by molar-refractivity contribution is 5.96. The first-order valence-corrected chi connectivity index (χ1v) is 13.4. The van der Waals surface area contributed by atoms with E-state index in [1.165, 1.54) is 10.9 Å². The lowest BCUT2D eigenvalue weighted by Gasteiger charge is -2.58. The van der Waals surface area contributed by atoms with Crippen LogP contribution in [0.15, 0.2) is 12.3 Å². The van der Waals surface area contributed by atoms with Crippen molar-refractivity contribution in [3.8, 4) is 5.88 Å². The lowest BCUT2D eigenvalue weighted by atomic mass is 9.52. The van der Waals surface area contributed by atoms with E-state index in [2.05, 4.69) is 15.7 Å². The highest BCUT2D eigenvalue weighted by Crippen LogP contribution is 2.57. The molecule has 0 spiro atoms. The molecule has 4 saturated carbocycles. The maximum absolute atomic E-state index is 13.5. The van der Waals surface area contributed by atoms with Crippen molar-refractivity contribution in [1.29, 1.82) is 0 Å². The average Bonchev–Trinajstić information content (AvgIpc) is 3.20. The molecule has 0 radical (unpaired) electrons. The summed E-state index contributed by atoms with van der Waals surface area (Å²) in [6.45, 7) is 10.6. The molecule has 204 valence electrons. The molecule has 4 N–H and O–H groups in total. The Labute approximate surface area is 218 Å². The molecule has 2 unspecified atom stereocenters. The molecule has 4 aliphatic rings. The predicted molar refractivity (Wildman–Crippen MR) is 139 cm³/mol. The molecule has 0 aliphatic heterocycles. The summed E-state index contributed by atoms with van der Waals surface area (Å²) < 4.78 is 13.2. The topological polar surface area (TPSA) is 138 Å². The number of primary amides is 1. The second-order valence-corrected chi connectivity index (χ2v) is 12.0. The summed E-state index contributed by atoms with van der Waals surface area (Å²) in [7, 11) is 0. The quantitative estimate of drug-likeness (QED) is 0.437. The lowest BCUT2D eigenvalue weighted by Crippen LogP contribution is -2.63. The number of carbonyl (C=O) groups excluding carboxylic acids is 3. The van der Waals surface area contributed by atoms with Gasteiger partial charge in [-0.15, -0.1) is 0 Å². The summed E-state index contributed by atoms with van der Waals surface area (Å²) in [4.78, 5) is 37.5. The molecule has 1 aromatic heterocycles. The number of hydrogen-bond acceptors (Lipinski definition) is 6. The number of amides is 3. The summed E-state index contributed by atoms with van der Waals surface area (Å²) in [5, 5.41) is 10.5. The van der Waals surface area contributed by atoms with E-state index >= 15 is 0 Å². The average molecular weight is 516 g/mol. The van der Waals surface area contributed by atoms with Gasteiger partial charge in [-0.2, -0.15) is 5.10 Å². The molecule has 10 heteroatoms. The molecule has 1 aromatic rings. The summed E-state index contributed by atoms with van der Waals surface area (Å²) in [5.74, 6) is 1.25. The minimum absolute atomic E-state index is 0.00201. The zero-order valence-electron chi connectivity index (χ0n) is 22.6. The fourth-order valence-electron chi connectivity index (χ4n) is 6.48. The zero-order chi connectivity index (χ0) is 27.0. The second-order valence-electron chi connectivity index (χ2n) is 12.0. The van der Waals surface area contributed by atoms with Gasteiger partial charge in [-0.1, -0.05) is 19.9 Å². The number of ether oxygens (including phenoxy) is 2. The number of nitrogens with zero attached hydrogens (tertiary/aromatic N) is 2. The molecule has 2 atom stereocenters. The van der Waals surface area contributed by atoms with Crippen molar-refractivity contribution in [1.82, 2.24) is 20.4 Å². The first-order valence-electron chi connectivity index (χ1n) is 13.4. The van der Waals surface area contributed by atoms with E-state index in [0.717, 1.165) is 32.1 Å². The van der Waals surface area contributed by atoms with Crippen molar-refractivity contribution in [2.75, 3.05) is 13.2 Å². The Morgan fingerprint density at radius 1 is 1.24 bits per heavy atom. The van der Waals surface area contributed by atoms with Crippen LogP contribution in [0.25, 0.3) is 6.20 Å². The summed E-state index contributed by atoms with van der Waals surface area (Å²) in [6, 6.07) is 0.00201. The van der Waals surface area contributed by atoms with Crippen LogP contribution >= 0.6 is 0 Å². The van der Waals surface area contributed by atoms with E-state index < -0.39 is 17.1 Å². The monoisotopic (exact) mass is 515 g/mol. The molecule has 0 saturated heterocycles. The van der Waals surface area contributed by atoms with Crippen molar-refractivity contribution in [2.24, 2.45) is 34.8 Å². The highest BCUT2D eigenvalue weighted by Gasteiger charge is 2.57. The standard InChI is InChI=1S/C27H41N5O5/c1-6-29-24(34)26(4,5)7-8-32-23(36-15-16(2)3)20(14-30-32)22(33)31-21-18-9-17-10-19(21)13-27(11-17,12-18)37-25(28)35/h7-8,14,16-19,21H,6,9-13,15H2,1-5H3,(H2,28,35)(H,29,34)(H,31,33). The van der Waals surface area contributed by atoms with Crippen LogP contribution in [0.2, 0.25) is 0 Å². The van der Waals surface area contributed by atoms with Crippen molar-refractivity contribution in [3.05, 3.63) is 17.8 Å². The van der Waals surface area contributed by atoms with Crippen LogP contribution in [-0.4, -0.2) is 52.5 Å². The molecule has 10 nitrogen and oxygen atoms in total. The van der Waals surface area contributed by atoms with Crippen LogP contribution in [0.4, 0.5) is 4.79 Å². The van der Waals surface area contributed by atoms with Gasteiger partial charge in [-0.05, 0) is 76.5 Å². The number of hydrogen-bond donors (Lipinski definition) is 3. The van der Waals surface area contributed by atoms with E-state index in [1.807, 2.05) is 34.6 Å². The van der Waals surface area contributed by atoms with Gasteiger partial charge in [0.2, 0.25) is 11.8 Å². The third kappa shape index (κ3) is 5.78. The van der Waals surface area contributed by atoms with Crippen LogP contribution in [0.5, 0.6) is 5.88 Å². The van der Waals surface area contributed by atoms with Gasteiger partial charge in [-0.3, -0.25) is 9.59 Å². The van der Waals surface area contributed by atoms with Crippen LogP contribution in [0, 0.1) is 29.1 Å². The maximum atomic E-state index is 13.5. The van der Waals surface area contributed by atoms with Crippen LogP contribution < -0.4 is 21.1 Å². The minimum Gasteiger partial charge on any atom is -0.477 e. The Kier molecular flexibility index (Phi) is 7.57. The molecule has 5 rings (SSSR count). The highest BCUT2D eigenvalue weighted by atomic mass is 16.6. The molecule has 3 amide bonds. The number of carbonyl (C=O) groups is 3. The smallest absolute Gasteiger partial charge is 0.405 e. The molecule has 4 aliphatic carbocycles. The third-order valence-electron chi connectivity index (χ3n) is 7.93. The van der Waals surface area contributed by atoms with E-state index in [-0.39, 0.29) is 35.6 Å². The summed E-state index contributed by atoms with van der Waals surface area (Å²) >= 11 is 0. The first-order chi connectivity index (χ1) is 17.4. The Morgan fingerprint density at radius 3 is 2.51 bits per heavy atom. The van der Waals surface area contributed by atoms with Gasteiger partial charge in [0, 0.05) is 18.8 Å². The van der Waals surface area contributed by atoms with Gasteiger partial charge in [0.25, 0.3) is 5.91 Å². The van der Waals surface area contributed by atoms with Crippen LogP contribution in [0.3, 0.4) is 0 Å². The largest absolute Gasteiger partial charge is 0.477 e. The third-order valence-corrected chi connectivity index (χ3v) is 7.93. The van der Waals surface area contributed by atoms with Gasteiger partial charge in [-0.25, -0.2) is 9.48 Å². The molecular formula is C27H41N5O5. The SMILES string of the molecule is CCNC(=O)C(C)(C)C=Cn1ncc(C(=O)NC2C3CC4CC2CC(OC(N)=O)(C4)C3)c1OCC(C)C. The summed E-state index contributed by atoms with van der Waals surface area (Å²) in [5.41, 5.74) is 4.49. The number of aromatic nitrogens is 2. The molecule has 0 aromatic carbocycles. The van der Waals surface area contributed by atoms with Gasteiger partial charge >= 0.3 is 6.09 Å².